The van der Waals surface area contributed by atoms with Gasteiger partial charge in [-0.1, -0.05) is 42.5 Å². The molecule has 0 fully saturated rings. The van der Waals surface area contributed by atoms with Crippen LogP contribution in [-0.4, -0.2) is 16.1 Å². The number of hydrogen-bond acceptors (Lipinski definition) is 4. The summed E-state index contributed by atoms with van der Waals surface area (Å²) in [6.45, 7) is 0.213. The fourth-order valence-corrected chi connectivity index (χ4v) is 2.14. The van der Waals surface area contributed by atoms with Crippen LogP contribution in [0.4, 0.5) is 0 Å². The molecule has 5 heteroatoms. The molecule has 1 N–H and O–H groups in total. The Kier molecular flexibility index (Phi) is 4.38. The lowest BCUT2D eigenvalue weighted by molar-refractivity contribution is -0.136. The van der Waals surface area contributed by atoms with Gasteiger partial charge in [0, 0.05) is 5.56 Å². The number of hydrogen-bond donors (Lipinski definition) is 1. The fourth-order valence-electron chi connectivity index (χ4n) is 2.14. The second-order valence-corrected chi connectivity index (χ2v) is 4.99. The van der Waals surface area contributed by atoms with Crippen molar-refractivity contribution in [1.29, 1.82) is 0 Å². The van der Waals surface area contributed by atoms with Crippen molar-refractivity contribution in [2.75, 3.05) is 0 Å². The first-order valence-electron chi connectivity index (χ1n) is 7.14. The van der Waals surface area contributed by atoms with Crippen LogP contribution in [0.3, 0.4) is 0 Å². The van der Waals surface area contributed by atoms with Crippen molar-refractivity contribution < 1.29 is 19.1 Å². The van der Waals surface area contributed by atoms with Gasteiger partial charge >= 0.3 is 5.97 Å². The van der Waals surface area contributed by atoms with Crippen LogP contribution in [0, 0.1) is 0 Å². The normalized spacial score (nSPS) is 10.4. The second kappa shape index (κ2) is 6.79. The Morgan fingerprint density at radius 2 is 1.83 bits per heavy atom. The van der Waals surface area contributed by atoms with E-state index in [1.54, 1.807) is 30.5 Å². The highest BCUT2D eigenvalue weighted by Crippen LogP contribution is 2.21. The molecule has 0 unspecified atom stereocenters. The molecule has 0 aliphatic rings. The Bertz CT molecular complexity index is 778. The summed E-state index contributed by atoms with van der Waals surface area (Å²) in [5.74, 6) is 0.963. The zero-order valence-electron chi connectivity index (χ0n) is 12.3. The molecule has 5 nitrogen and oxygen atoms in total. The van der Waals surface area contributed by atoms with Crippen molar-refractivity contribution in [3.05, 3.63) is 72.2 Å². The third-order valence-electron chi connectivity index (χ3n) is 3.25. The van der Waals surface area contributed by atoms with Crippen LogP contribution >= 0.6 is 0 Å². The number of aliphatic carboxylic acids is 1. The Morgan fingerprint density at radius 3 is 2.52 bits per heavy atom. The van der Waals surface area contributed by atoms with Crippen molar-refractivity contribution in [2.24, 2.45) is 0 Å². The predicted octanol–water partition coefficient (Wildman–Crippen LogP) is 3.55. The Balaban J connectivity index is 1.60. The van der Waals surface area contributed by atoms with Gasteiger partial charge in [-0.3, -0.25) is 4.79 Å². The van der Waals surface area contributed by atoms with E-state index >= 15 is 0 Å². The summed E-state index contributed by atoms with van der Waals surface area (Å²) in [7, 11) is 0. The van der Waals surface area contributed by atoms with Crippen molar-refractivity contribution in [1.82, 2.24) is 4.98 Å². The number of ether oxygens (including phenoxy) is 1. The Morgan fingerprint density at radius 1 is 1.09 bits per heavy atom. The van der Waals surface area contributed by atoms with Crippen molar-refractivity contribution >= 4 is 5.97 Å². The first-order valence-corrected chi connectivity index (χ1v) is 7.14. The van der Waals surface area contributed by atoms with Crippen molar-refractivity contribution in [3.63, 3.8) is 0 Å². The molecule has 116 valence electrons. The number of carboxylic acids is 1. The van der Waals surface area contributed by atoms with Crippen LogP contribution in [0.2, 0.25) is 0 Å². The van der Waals surface area contributed by atoms with E-state index in [1.165, 1.54) is 0 Å². The molecule has 0 aliphatic carbocycles. The molecule has 0 aliphatic heterocycles. The topological polar surface area (TPSA) is 72.6 Å². The van der Waals surface area contributed by atoms with Crippen LogP contribution in [0.25, 0.3) is 11.3 Å². The average molecular weight is 309 g/mol. The van der Waals surface area contributed by atoms with Gasteiger partial charge < -0.3 is 14.3 Å². The number of benzene rings is 2. The minimum absolute atomic E-state index is 0.000451. The zero-order chi connectivity index (χ0) is 16.1. The molecule has 0 spiro atoms. The smallest absolute Gasteiger partial charge is 0.307 e. The van der Waals surface area contributed by atoms with Gasteiger partial charge in [0.1, 0.15) is 5.75 Å². The van der Waals surface area contributed by atoms with Gasteiger partial charge in [0.25, 0.3) is 0 Å². The zero-order valence-corrected chi connectivity index (χ0v) is 12.3. The molecule has 1 aromatic heterocycles. The summed E-state index contributed by atoms with van der Waals surface area (Å²) in [6, 6.07) is 16.7. The number of carboxylic acid groups (broad SMARTS) is 1. The molecule has 0 amide bonds. The molecule has 1 heterocycles. The highest BCUT2D eigenvalue weighted by atomic mass is 16.5. The van der Waals surface area contributed by atoms with E-state index < -0.39 is 5.97 Å². The van der Waals surface area contributed by atoms with E-state index in [4.69, 9.17) is 14.3 Å². The van der Waals surface area contributed by atoms with E-state index in [2.05, 4.69) is 4.98 Å². The lowest BCUT2D eigenvalue weighted by atomic mass is 10.1. The van der Waals surface area contributed by atoms with Crippen LogP contribution in [0.15, 0.2) is 65.2 Å². The van der Waals surface area contributed by atoms with Gasteiger partial charge in [-0.05, 0) is 17.7 Å². The number of nitrogens with zero attached hydrogens (tertiary/aromatic N) is 1. The Hall–Kier alpha value is -3.08. The summed E-state index contributed by atoms with van der Waals surface area (Å²) >= 11 is 0. The van der Waals surface area contributed by atoms with E-state index in [9.17, 15) is 4.79 Å². The standard InChI is InChI=1S/C18H15NO4/c20-18(21)10-13-6-8-15(9-7-13)22-12-17-19-11-16(23-17)14-4-2-1-3-5-14/h1-9,11H,10,12H2,(H,20,21). The molecule has 0 radical (unpaired) electrons. The maximum absolute atomic E-state index is 10.6. The lowest BCUT2D eigenvalue weighted by Crippen LogP contribution is -2.00. The molecular formula is C18H15NO4. The summed E-state index contributed by atoms with van der Waals surface area (Å²) in [5.41, 5.74) is 1.69. The minimum Gasteiger partial charge on any atom is -0.484 e. The predicted molar refractivity (Wildman–Crippen MR) is 84.1 cm³/mol. The van der Waals surface area contributed by atoms with Crippen LogP contribution < -0.4 is 4.74 Å². The summed E-state index contributed by atoms with van der Waals surface area (Å²) in [6.07, 6.45) is 1.67. The molecule has 0 bridgehead atoms. The first-order chi connectivity index (χ1) is 11.2. The third kappa shape index (κ3) is 3.97. The maximum Gasteiger partial charge on any atom is 0.307 e. The second-order valence-electron chi connectivity index (χ2n) is 4.99. The first kappa shape index (κ1) is 14.8. The van der Waals surface area contributed by atoms with E-state index in [-0.39, 0.29) is 13.0 Å². The summed E-state index contributed by atoms with van der Waals surface area (Å²) in [5, 5.41) is 8.73. The van der Waals surface area contributed by atoms with Gasteiger partial charge in [-0.2, -0.15) is 0 Å². The summed E-state index contributed by atoms with van der Waals surface area (Å²) < 4.78 is 11.3. The van der Waals surface area contributed by atoms with Gasteiger partial charge in [-0.25, -0.2) is 4.98 Å². The molecule has 0 atom stereocenters. The highest BCUT2D eigenvalue weighted by Gasteiger charge is 2.07. The molecule has 3 rings (SSSR count). The Labute approximate surface area is 133 Å². The quantitative estimate of drug-likeness (QED) is 0.754. The fraction of sp³-hybridized carbons (Fsp3) is 0.111. The molecule has 0 saturated heterocycles. The lowest BCUT2D eigenvalue weighted by Gasteiger charge is -2.04. The summed E-state index contributed by atoms with van der Waals surface area (Å²) in [4.78, 5) is 14.8. The van der Waals surface area contributed by atoms with Gasteiger partial charge in [0.2, 0.25) is 5.89 Å². The SMILES string of the molecule is O=C(O)Cc1ccc(OCc2ncc(-c3ccccc3)o2)cc1. The number of rotatable bonds is 6. The van der Waals surface area contributed by atoms with E-state index in [0.29, 0.717) is 17.4 Å². The molecule has 0 saturated carbocycles. The van der Waals surface area contributed by atoms with Crippen LogP contribution in [0.5, 0.6) is 5.75 Å². The van der Waals surface area contributed by atoms with Crippen molar-refractivity contribution in [2.45, 2.75) is 13.0 Å². The largest absolute Gasteiger partial charge is 0.484 e. The third-order valence-corrected chi connectivity index (χ3v) is 3.25. The molecule has 23 heavy (non-hydrogen) atoms. The number of aromatic nitrogens is 1. The van der Waals surface area contributed by atoms with Gasteiger partial charge in [0.15, 0.2) is 12.4 Å². The minimum atomic E-state index is -0.855. The van der Waals surface area contributed by atoms with Crippen molar-refractivity contribution in [3.8, 4) is 17.1 Å². The molecule has 3 aromatic rings. The number of carbonyl (C=O) groups is 1. The van der Waals surface area contributed by atoms with E-state index in [0.717, 1.165) is 11.1 Å². The van der Waals surface area contributed by atoms with E-state index in [1.807, 2.05) is 30.3 Å². The highest BCUT2D eigenvalue weighted by molar-refractivity contribution is 5.70. The maximum atomic E-state index is 10.6. The average Bonchev–Trinajstić information content (AvgIpc) is 3.04. The monoisotopic (exact) mass is 309 g/mol. The molecule has 2 aromatic carbocycles. The number of oxazole rings is 1. The van der Waals surface area contributed by atoms with Crippen LogP contribution in [-0.2, 0) is 17.8 Å². The van der Waals surface area contributed by atoms with Gasteiger partial charge in [0.05, 0.1) is 12.6 Å². The van der Waals surface area contributed by atoms with Crippen LogP contribution in [0.1, 0.15) is 11.5 Å². The van der Waals surface area contributed by atoms with Gasteiger partial charge in [-0.15, -0.1) is 0 Å². The molecular weight excluding hydrogens is 294 g/mol.